The SMILES string of the molecule is COc1ccc(O)c(C=C(C#N)C(=O)Nc2ccccc2C#N)c1. The lowest BCUT2D eigenvalue weighted by Gasteiger charge is -2.07. The third-order valence-electron chi connectivity index (χ3n) is 3.20. The summed E-state index contributed by atoms with van der Waals surface area (Å²) in [6, 6.07) is 14.7. The third kappa shape index (κ3) is 3.70. The predicted molar refractivity (Wildman–Crippen MR) is 88.0 cm³/mol. The highest BCUT2D eigenvalue weighted by Gasteiger charge is 2.13. The van der Waals surface area contributed by atoms with Crippen molar-refractivity contribution in [1.29, 1.82) is 10.5 Å². The van der Waals surface area contributed by atoms with Gasteiger partial charge in [0, 0.05) is 5.56 Å². The van der Waals surface area contributed by atoms with Gasteiger partial charge in [0.25, 0.3) is 5.91 Å². The Hall–Kier alpha value is -3.77. The smallest absolute Gasteiger partial charge is 0.266 e. The second kappa shape index (κ2) is 7.48. The maximum Gasteiger partial charge on any atom is 0.266 e. The Morgan fingerprint density at radius 3 is 2.67 bits per heavy atom. The summed E-state index contributed by atoms with van der Waals surface area (Å²) in [4.78, 5) is 12.3. The molecule has 0 saturated heterocycles. The molecule has 0 aliphatic rings. The van der Waals surface area contributed by atoms with Crippen LogP contribution in [-0.2, 0) is 4.79 Å². The van der Waals surface area contributed by atoms with Crippen molar-refractivity contribution in [3.63, 3.8) is 0 Å². The highest BCUT2D eigenvalue weighted by molar-refractivity contribution is 6.10. The molecule has 0 aliphatic heterocycles. The number of amides is 1. The molecule has 0 bridgehead atoms. The lowest BCUT2D eigenvalue weighted by Crippen LogP contribution is -2.14. The van der Waals surface area contributed by atoms with E-state index in [1.165, 1.54) is 25.3 Å². The van der Waals surface area contributed by atoms with E-state index < -0.39 is 5.91 Å². The number of nitriles is 2. The highest BCUT2D eigenvalue weighted by Crippen LogP contribution is 2.25. The van der Waals surface area contributed by atoms with Gasteiger partial charge in [-0.15, -0.1) is 0 Å². The summed E-state index contributed by atoms with van der Waals surface area (Å²) < 4.78 is 5.05. The summed E-state index contributed by atoms with van der Waals surface area (Å²) in [6.45, 7) is 0. The first-order valence-corrected chi connectivity index (χ1v) is 6.88. The average Bonchev–Trinajstić information content (AvgIpc) is 2.61. The topological polar surface area (TPSA) is 106 Å². The van der Waals surface area contributed by atoms with Crippen molar-refractivity contribution in [3.05, 3.63) is 59.2 Å². The van der Waals surface area contributed by atoms with Crippen molar-refractivity contribution in [1.82, 2.24) is 0 Å². The zero-order chi connectivity index (χ0) is 17.5. The van der Waals surface area contributed by atoms with E-state index in [4.69, 9.17) is 10.00 Å². The second-order valence-electron chi connectivity index (χ2n) is 4.71. The van der Waals surface area contributed by atoms with Gasteiger partial charge in [-0.2, -0.15) is 10.5 Å². The van der Waals surface area contributed by atoms with E-state index in [1.807, 2.05) is 6.07 Å². The molecule has 2 aromatic rings. The Morgan fingerprint density at radius 1 is 1.25 bits per heavy atom. The quantitative estimate of drug-likeness (QED) is 0.665. The molecule has 0 aliphatic carbocycles. The normalized spacial score (nSPS) is 10.4. The Labute approximate surface area is 138 Å². The number of methoxy groups -OCH3 is 1. The van der Waals surface area contributed by atoms with Crippen molar-refractivity contribution >= 4 is 17.7 Å². The number of hydrogen-bond donors (Lipinski definition) is 2. The second-order valence-corrected chi connectivity index (χ2v) is 4.71. The Kier molecular flexibility index (Phi) is 5.17. The average molecular weight is 319 g/mol. The summed E-state index contributed by atoms with van der Waals surface area (Å²) in [5.74, 6) is -0.289. The fraction of sp³-hybridized carbons (Fsp3) is 0.0556. The molecule has 0 saturated carbocycles. The third-order valence-corrected chi connectivity index (χ3v) is 3.20. The minimum Gasteiger partial charge on any atom is -0.507 e. The number of benzene rings is 2. The van der Waals surface area contributed by atoms with Crippen LogP contribution in [0.5, 0.6) is 11.5 Å². The number of nitrogens with zero attached hydrogens (tertiary/aromatic N) is 2. The van der Waals surface area contributed by atoms with Gasteiger partial charge >= 0.3 is 0 Å². The number of phenols is 1. The van der Waals surface area contributed by atoms with E-state index in [9.17, 15) is 15.2 Å². The molecule has 2 rings (SSSR count). The fourth-order valence-corrected chi connectivity index (χ4v) is 1.96. The summed E-state index contributed by atoms with van der Waals surface area (Å²) in [7, 11) is 1.47. The number of phenolic OH excluding ortho intramolecular Hbond substituents is 1. The maximum absolute atomic E-state index is 12.3. The molecule has 0 atom stereocenters. The minimum absolute atomic E-state index is 0.0891. The number of anilines is 1. The largest absolute Gasteiger partial charge is 0.507 e. The lowest BCUT2D eigenvalue weighted by molar-refractivity contribution is -0.112. The van der Waals surface area contributed by atoms with E-state index >= 15 is 0 Å². The molecular weight excluding hydrogens is 306 g/mol. The van der Waals surface area contributed by atoms with Crippen molar-refractivity contribution in [2.75, 3.05) is 12.4 Å². The van der Waals surface area contributed by atoms with Gasteiger partial charge in [-0.1, -0.05) is 12.1 Å². The van der Waals surface area contributed by atoms with E-state index in [1.54, 1.807) is 36.4 Å². The highest BCUT2D eigenvalue weighted by atomic mass is 16.5. The van der Waals surface area contributed by atoms with Crippen LogP contribution in [0.2, 0.25) is 0 Å². The molecular formula is C18H13N3O3. The van der Waals surface area contributed by atoms with Gasteiger partial charge in [0.05, 0.1) is 18.4 Å². The van der Waals surface area contributed by atoms with E-state index in [-0.39, 0.29) is 22.4 Å². The molecule has 0 radical (unpaired) electrons. The van der Waals surface area contributed by atoms with Crippen LogP contribution in [0.3, 0.4) is 0 Å². The number of rotatable bonds is 4. The van der Waals surface area contributed by atoms with Crippen LogP contribution in [0.15, 0.2) is 48.0 Å². The first-order valence-electron chi connectivity index (χ1n) is 6.88. The van der Waals surface area contributed by atoms with Gasteiger partial charge in [-0.05, 0) is 36.4 Å². The molecule has 0 aromatic heterocycles. The minimum atomic E-state index is -0.678. The van der Waals surface area contributed by atoms with Crippen LogP contribution < -0.4 is 10.1 Å². The Bertz CT molecular complexity index is 889. The van der Waals surface area contributed by atoms with Gasteiger partial charge in [0.1, 0.15) is 29.2 Å². The van der Waals surface area contributed by atoms with E-state index in [2.05, 4.69) is 5.32 Å². The molecule has 0 fully saturated rings. The molecule has 0 heterocycles. The molecule has 24 heavy (non-hydrogen) atoms. The summed E-state index contributed by atoms with van der Waals surface area (Å²) >= 11 is 0. The van der Waals surface area contributed by atoms with Crippen molar-refractivity contribution in [3.8, 4) is 23.6 Å². The molecule has 0 unspecified atom stereocenters. The zero-order valence-corrected chi connectivity index (χ0v) is 12.8. The number of hydrogen-bond acceptors (Lipinski definition) is 5. The van der Waals surface area contributed by atoms with E-state index in [0.29, 0.717) is 11.4 Å². The number of ether oxygens (including phenoxy) is 1. The number of aromatic hydroxyl groups is 1. The maximum atomic E-state index is 12.3. The van der Waals surface area contributed by atoms with Gasteiger partial charge < -0.3 is 15.2 Å². The first kappa shape index (κ1) is 16.6. The lowest BCUT2D eigenvalue weighted by atomic mass is 10.1. The van der Waals surface area contributed by atoms with Crippen molar-refractivity contribution in [2.45, 2.75) is 0 Å². The van der Waals surface area contributed by atoms with E-state index in [0.717, 1.165) is 0 Å². The molecule has 2 N–H and O–H groups in total. The van der Waals surface area contributed by atoms with Crippen molar-refractivity contribution < 1.29 is 14.6 Å². The standard InChI is InChI=1S/C18H13N3O3/c1-24-15-6-7-17(22)13(9-15)8-14(11-20)18(23)21-16-5-3-2-4-12(16)10-19/h2-9,22H,1H3,(H,21,23). The van der Waals surface area contributed by atoms with Gasteiger partial charge in [-0.25, -0.2) is 0 Å². The van der Waals surface area contributed by atoms with Crippen LogP contribution in [0.25, 0.3) is 6.08 Å². The number of para-hydroxylation sites is 1. The first-order chi connectivity index (χ1) is 11.6. The molecule has 2 aromatic carbocycles. The van der Waals surface area contributed by atoms with Crippen molar-refractivity contribution in [2.24, 2.45) is 0 Å². The molecule has 6 heteroatoms. The van der Waals surface area contributed by atoms with Crippen LogP contribution in [0, 0.1) is 22.7 Å². The summed E-state index contributed by atoms with van der Waals surface area (Å²) in [5.41, 5.74) is 0.647. The summed E-state index contributed by atoms with van der Waals surface area (Å²) in [6.07, 6.45) is 1.25. The van der Waals surface area contributed by atoms with Gasteiger partial charge in [0.15, 0.2) is 0 Å². The predicted octanol–water partition coefficient (Wildman–Crippen LogP) is 2.82. The van der Waals surface area contributed by atoms with Crippen LogP contribution in [0.1, 0.15) is 11.1 Å². The van der Waals surface area contributed by atoms with Gasteiger partial charge in [0.2, 0.25) is 0 Å². The monoisotopic (exact) mass is 319 g/mol. The number of nitrogens with one attached hydrogen (secondary N) is 1. The molecule has 118 valence electrons. The number of carbonyl (C=O) groups excluding carboxylic acids is 1. The van der Waals surface area contributed by atoms with Gasteiger partial charge in [-0.3, -0.25) is 4.79 Å². The molecule has 0 spiro atoms. The van der Waals surface area contributed by atoms with Crippen LogP contribution in [0.4, 0.5) is 5.69 Å². The summed E-state index contributed by atoms with van der Waals surface area (Å²) in [5, 5.41) is 30.6. The fourth-order valence-electron chi connectivity index (χ4n) is 1.96. The van der Waals surface area contributed by atoms with Crippen LogP contribution in [-0.4, -0.2) is 18.1 Å². The Balaban J connectivity index is 2.33. The zero-order valence-electron chi connectivity index (χ0n) is 12.8. The Morgan fingerprint density at radius 2 is 2.00 bits per heavy atom. The molecule has 1 amide bonds. The number of carbonyl (C=O) groups is 1. The van der Waals surface area contributed by atoms with Crippen LogP contribution >= 0.6 is 0 Å². The molecule has 6 nitrogen and oxygen atoms in total.